The number of aryl methyl sites for hydroxylation is 1. The molecule has 0 fully saturated rings. The van der Waals surface area contributed by atoms with Gasteiger partial charge < -0.3 is 14.5 Å². The van der Waals surface area contributed by atoms with Crippen LogP contribution in [0.1, 0.15) is 57.9 Å². The molecular weight excluding hydrogens is 258 g/mol. The van der Waals surface area contributed by atoms with Crippen molar-refractivity contribution in [1.29, 1.82) is 0 Å². The van der Waals surface area contributed by atoms with Crippen molar-refractivity contribution in [3.63, 3.8) is 0 Å². The smallest absolute Gasteiger partial charge is 0.408 e. The lowest BCUT2D eigenvalue weighted by Gasteiger charge is -2.23. The molecule has 0 bridgehead atoms. The average Bonchev–Trinajstić information content (AvgIpc) is 2.24. The van der Waals surface area contributed by atoms with Gasteiger partial charge in [0.1, 0.15) is 11.4 Å². The third-order valence-electron chi connectivity index (χ3n) is 2.55. The molecule has 1 amide bonds. The van der Waals surface area contributed by atoms with Crippen LogP contribution in [-0.2, 0) is 4.74 Å². The van der Waals surface area contributed by atoms with Crippen molar-refractivity contribution in [2.75, 3.05) is 0 Å². The van der Waals surface area contributed by atoms with Gasteiger partial charge in [0.2, 0.25) is 0 Å². The van der Waals surface area contributed by atoms with E-state index in [0.29, 0.717) is 12.2 Å². The van der Waals surface area contributed by atoms with E-state index in [1.54, 1.807) is 26.8 Å². The van der Waals surface area contributed by atoms with Gasteiger partial charge >= 0.3 is 11.7 Å². The van der Waals surface area contributed by atoms with Crippen LogP contribution in [0.2, 0.25) is 0 Å². The molecule has 5 nitrogen and oxygen atoms in total. The quantitative estimate of drug-likeness (QED) is 0.919. The summed E-state index contributed by atoms with van der Waals surface area (Å²) in [7, 11) is 0. The highest BCUT2D eigenvalue weighted by molar-refractivity contribution is 5.68. The molecule has 0 aliphatic heterocycles. The lowest BCUT2D eigenvalue weighted by Crippen LogP contribution is -2.35. The summed E-state index contributed by atoms with van der Waals surface area (Å²) in [6.07, 6.45) is 1.00. The van der Waals surface area contributed by atoms with Gasteiger partial charge in [-0.05, 0) is 45.7 Å². The van der Waals surface area contributed by atoms with Gasteiger partial charge in [-0.25, -0.2) is 9.59 Å². The van der Waals surface area contributed by atoms with Gasteiger partial charge in [0, 0.05) is 6.07 Å². The number of carbonyl (C=O) groups excluding carboxylic acids is 1. The molecule has 1 heterocycles. The van der Waals surface area contributed by atoms with Crippen LogP contribution in [-0.4, -0.2) is 11.7 Å². The van der Waals surface area contributed by atoms with Gasteiger partial charge in [-0.2, -0.15) is 0 Å². The maximum atomic E-state index is 11.8. The second kappa shape index (κ2) is 6.59. The topological polar surface area (TPSA) is 68.5 Å². The minimum Gasteiger partial charge on any atom is -0.444 e. The SMILES string of the molecule is CCC[C@@H](NC(=O)OC(C)(C)C)c1cc(C)cc(=O)o1. The first-order valence-electron chi connectivity index (χ1n) is 6.82. The summed E-state index contributed by atoms with van der Waals surface area (Å²) >= 11 is 0. The molecule has 0 radical (unpaired) electrons. The van der Waals surface area contributed by atoms with E-state index in [1.807, 2.05) is 13.8 Å². The van der Waals surface area contributed by atoms with Crippen LogP contribution in [0, 0.1) is 6.92 Å². The predicted molar refractivity (Wildman–Crippen MR) is 76.7 cm³/mol. The minimum absolute atomic E-state index is 0.359. The van der Waals surface area contributed by atoms with Gasteiger partial charge in [0.25, 0.3) is 0 Å². The molecule has 112 valence electrons. The van der Waals surface area contributed by atoms with E-state index in [9.17, 15) is 9.59 Å². The summed E-state index contributed by atoms with van der Waals surface area (Å²) in [6, 6.07) is 2.82. The Hall–Kier alpha value is -1.78. The van der Waals surface area contributed by atoms with Crippen LogP contribution in [0.15, 0.2) is 21.3 Å². The molecule has 0 saturated carbocycles. The molecule has 20 heavy (non-hydrogen) atoms. The van der Waals surface area contributed by atoms with Crippen LogP contribution in [0.5, 0.6) is 0 Å². The van der Waals surface area contributed by atoms with Crippen molar-refractivity contribution < 1.29 is 13.9 Å². The molecule has 5 heteroatoms. The first-order valence-corrected chi connectivity index (χ1v) is 6.82. The molecule has 1 aromatic heterocycles. The largest absolute Gasteiger partial charge is 0.444 e. The van der Waals surface area contributed by atoms with Crippen LogP contribution in [0.4, 0.5) is 4.79 Å². The summed E-state index contributed by atoms with van der Waals surface area (Å²) in [6.45, 7) is 9.21. The van der Waals surface area contributed by atoms with Gasteiger partial charge in [-0.15, -0.1) is 0 Å². The van der Waals surface area contributed by atoms with Gasteiger partial charge in [-0.3, -0.25) is 0 Å². The summed E-state index contributed by atoms with van der Waals surface area (Å²) in [4.78, 5) is 23.3. The number of carbonyl (C=O) groups is 1. The third kappa shape index (κ3) is 5.47. The molecule has 0 spiro atoms. The van der Waals surface area contributed by atoms with Crippen LogP contribution in [0.3, 0.4) is 0 Å². The molecule has 0 aromatic carbocycles. The first kappa shape index (κ1) is 16.3. The fourth-order valence-electron chi connectivity index (χ4n) is 1.82. The third-order valence-corrected chi connectivity index (χ3v) is 2.55. The lowest BCUT2D eigenvalue weighted by atomic mass is 10.1. The molecule has 1 rings (SSSR count). The van der Waals surface area contributed by atoms with Crippen LogP contribution < -0.4 is 10.9 Å². The van der Waals surface area contributed by atoms with E-state index >= 15 is 0 Å². The van der Waals surface area contributed by atoms with E-state index < -0.39 is 17.3 Å². The Labute approximate surface area is 119 Å². The Kier molecular flexibility index (Phi) is 5.36. The lowest BCUT2D eigenvalue weighted by molar-refractivity contribution is 0.0493. The molecule has 1 aromatic rings. The van der Waals surface area contributed by atoms with E-state index in [1.165, 1.54) is 6.07 Å². The van der Waals surface area contributed by atoms with Gasteiger partial charge in [0.15, 0.2) is 0 Å². The number of nitrogens with one attached hydrogen (secondary N) is 1. The highest BCUT2D eigenvalue weighted by Gasteiger charge is 2.21. The van der Waals surface area contributed by atoms with Crippen molar-refractivity contribution >= 4 is 6.09 Å². The highest BCUT2D eigenvalue weighted by Crippen LogP contribution is 2.19. The Morgan fingerprint density at radius 2 is 2.05 bits per heavy atom. The average molecular weight is 281 g/mol. The van der Waals surface area contributed by atoms with Crippen molar-refractivity contribution in [3.05, 3.63) is 33.9 Å². The Balaban J connectivity index is 2.88. The standard InChI is InChI=1S/C15H23NO4/c1-6-7-11(16-14(18)20-15(3,4)5)12-8-10(2)9-13(17)19-12/h8-9,11H,6-7H2,1-5H3,(H,16,18)/t11-/m1/s1. The Bertz CT molecular complexity index is 513. The van der Waals surface area contributed by atoms with Crippen molar-refractivity contribution in [3.8, 4) is 0 Å². The van der Waals surface area contributed by atoms with Crippen molar-refractivity contribution in [1.82, 2.24) is 5.32 Å². The summed E-state index contributed by atoms with van der Waals surface area (Å²) in [5, 5.41) is 2.75. The van der Waals surface area contributed by atoms with E-state index in [4.69, 9.17) is 9.15 Å². The number of hydrogen-bond donors (Lipinski definition) is 1. The normalized spacial score (nSPS) is 12.8. The molecule has 0 aliphatic carbocycles. The summed E-state index contributed by atoms with van der Waals surface area (Å²) in [5.74, 6) is 0.461. The van der Waals surface area contributed by atoms with Crippen LogP contribution >= 0.6 is 0 Å². The molecule has 0 saturated heterocycles. The monoisotopic (exact) mass is 281 g/mol. The Morgan fingerprint density at radius 3 is 2.55 bits per heavy atom. The zero-order chi connectivity index (χ0) is 15.3. The number of alkyl carbamates (subject to hydrolysis) is 1. The fraction of sp³-hybridized carbons (Fsp3) is 0.600. The maximum Gasteiger partial charge on any atom is 0.408 e. The highest BCUT2D eigenvalue weighted by atomic mass is 16.6. The zero-order valence-electron chi connectivity index (χ0n) is 12.8. The first-order chi connectivity index (χ1) is 9.21. The molecule has 0 aliphatic rings. The minimum atomic E-state index is -0.561. The number of amides is 1. The summed E-state index contributed by atoms with van der Waals surface area (Å²) in [5.41, 5.74) is -0.163. The van der Waals surface area contributed by atoms with Crippen molar-refractivity contribution in [2.45, 2.75) is 59.1 Å². The van der Waals surface area contributed by atoms with E-state index in [-0.39, 0.29) is 6.04 Å². The number of rotatable bonds is 4. The maximum absolute atomic E-state index is 11.8. The zero-order valence-corrected chi connectivity index (χ0v) is 12.8. The number of ether oxygens (including phenoxy) is 1. The van der Waals surface area contributed by atoms with Crippen LogP contribution in [0.25, 0.3) is 0 Å². The second-order valence-electron chi connectivity index (χ2n) is 5.84. The predicted octanol–water partition coefficient (Wildman–Crippen LogP) is 3.31. The fourth-order valence-corrected chi connectivity index (χ4v) is 1.82. The molecular formula is C15H23NO4. The van der Waals surface area contributed by atoms with Gasteiger partial charge in [-0.1, -0.05) is 13.3 Å². The van der Waals surface area contributed by atoms with E-state index in [2.05, 4.69) is 5.32 Å². The second-order valence-corrected chi connectivity index (χ2v) is 5.84. The van der Waals surface area contributed by atoms with E-state index in [0.717, 1.165) is 12.0 Å². The molecule has 1 atom stereocenters. The van der Waals surface area contributed by atoms with Gasteiger partial charge in [0.05, 0.1) is 6.04 Å². The van der Waals surface area contributed by atoms with Crippen molar-refractivity contribution in [2.24, 2.45) is 0 Å². The summed E-state index contributed by atoms with van der Waals surface area (Å²) < 4.78 is 10.4. The number of hydrogen-bond acceptors (Lipinski definition) is 4. The molecule has 0 unspecified atom stereocenters. The molecule has 1 N–H and O–H groups in total. The Morgan fingerprint density at radius 1 is 1.40 bits per heavy atom.